The standard InChI is InChI=1S/C17H18ClN3O4S/c1-11(21-26(24,25)16-8-6-13(18)7-9-16)17(23)20-15-5-3-4-14(10-15)19-12(2)22/h3-11,21H,1-2H3,(H,19,22)(H,20,23)/t11-/m1/s1. The van der Waals surface area contributed by atoms with Gasteiger partial charge < -0.3 is 10.6 Å². The Morgan fingerprint density at radius 3 is 2.15 bits per heavy atom. The molecular weight excluding hydrogens is 378 g/mol. The number of sulfonamides is 1. The zero-order valence-corrected chi connectivity index (χ0v) is 15.7. The Balaban J connectivity index is 2.05. The minimum atomic E-state index is -3.86. The van der Waals surface area contributed by atoms with Gasteiger partial charge in [-0.15, -0.1) is 0 Å². The average molecular weight is 396 g/mol. The first kappa shape index (κ1) is 19.9. The minimum absolute atomic E-state index is 0.00852. The molecule has 2 amide bonds. The van der Waals surface area contributed by atoms with E-state index in [0.717, 1.165) is 0 Å². The van der Waals surface area contributed by atoms with Gasteiger partial charge in [-0.1, -0.05) is 17.7 Å². The van der Waals surface area contributed by atoms with Gasteiger partial charge in [0.05, 0.1) is 10.9 Å². The van der Waals surface area contributed by atoms with Gasteiger partial charge in [-0.05, 0) is 49.4 Å². The highest BCUT2D eigenvalue weighted by Crippen LogP contribution is 2.16. The molecule has 7 nitrogen and oxygen atoms in total. The van der Waals surface area contributed by atoms with Gasteiger partial charge in [-0.3, -0.25) is 9.59 Å². The Morgan fingerprint density at radius 2 is 1.58 bits per heavy atom. The van der Waals surface area contributed by atoms with Crippen LogP contribution in [0.4, 0.5) is 11.4 Å². The van der Waals surface area contributed by atoms with E-state index < -0.39 is 22.0 Å². The molecule has 2 aromatic carbocycles. The summed E-state index contributed by atoms with van der Waals surface area (Å²) in [5.41, 5.74) is 0.948. The molecule has 0 fully saturated rings. The van der Waals surface area contributed by atoms with Gasteiger partial charge in [0.25, 0.3) is 0 Å². The van der Waals surface area contributed by atoms with Crippen LogP contribution in [0.3, 0.4) is 0 Å². The smallest absolute Gasteiger partial charge is 0.242 e. The molecule has 0 unspecified atom stereocenters. The van der Waals surface area contributed by atoms with E-state index in [2.05, 4.69) is 15.4 Å². The van der Waals surface area contributed by atoms with Crippen LogP contribution in [-0.2, 0) is 19.6 Å². The maximum absolute atomic E-state index is 12.3. The fourth-order valence-corrected chi connectivity index (χ4v) is 3.43. The van der Waals surface area contributed by atoms with Crippen molar-refractivity contribution in [3.63, 3.8) is 0 Å². The number of amides is 2. The molecule has 2 aromatic rings. The molecule has 0 aliphatic rings. The van der Waals surface area contributed by atoms with E-state index in [0.29, 0.717) is 16.4 Å². The second-order valence-electron chi connectivity index (χ2n) is 5.55. The summed E-state index contributed by atoms with van der Waals surface area (Å²) in [6.07, 6.45) is 0. The van der Waals surface area contributed by atoms with Crippen LogP contribution in [0.2, 0.25) is 5.02 Å². The molecule has 0 aliphatic carbocycles. The van der Waals surface area contributed by atoms with Crippen molar-refractivity contribution in [2.75, 3.05) is 10.6 Å². The number of benzene rings is 2. The fourth-order valence-electron chi connectivity index (χ4n) is 2.10. The Hall–Kier alpha value is -2.42. The van der Waals surface area contributed by atoms with Crippen LogP contribution in [0.15, 0.2) is 53.4 Å². The predicted octanol–water partition coefficient (Wildman–Crippen LogP) is 2.60. The highest BCUT2D eigenvalue weighted by Gasteiger charge is 2.22. The summed E-state index contributed by atoms with van der Waals surface area (Å²) in [5, 5.41) is 5.61. The molecule has 0 radical (unpaired) electrons. The third kappa shape index (κ3) is 5.55. The molecule has 0 spiro atoms. The minimum Gasteiger partial charge on any atom is -0.326 e. The van der Waals surface area contributed by atoms with Gasteiger partial charge in [0, 0.05) is 23.3 Å². The number of halogens is 1. The fraction of sp³-hybridized carbons (Fsp3) is 0.176. The van der Waals surface area contributed by atoms with Crippen LogP contribution >= 0.6 is 11.6 Å². The molecule has 9 heteroatoms. The van der Waals surface area contributed by atoms with Crippen molar-refractivity contribution in [3.8, 4) is 0 Å². The summed E-state index contributed by atoms with van der Waals surface area (Å²) in [6, 6.07) is 11.1. The number of hydrogen-bond donors (Lipinski definition) is 3. The number of hydrogen-bond acceptors (Lipinski definition) is 4. The molecule has 3 N–H and O–H groups in total. The number of nitrogens with one attached hydrogen (secondary N) is 3. The van der Waals surface area contributed by atoms with Gasteiger partial charge >= 0.3 is 0 Å². The van der Waals surface area contributed by atoms with Crippen molar-refractivity contribution < 1.29 is 18.0 Å². The predicted molar refractivity (Wildman–Crippen MR) is 101 cm³/mol. The molecule has 0 saturated carbocycles. The average Bonchev–Trinajstić information content (AvgIpc) is 2.54. The number of anilines is 2. The van der Waals surface area contributed by atoms with Gasteiger partial charge in [-0.25, -0.2) is 8.42 Å². The van der Waals surface area contributed by atoms with E-state index in [-0.39, 0.29) is 10.8 Å². The molecule has 0 heterocycles. The van der Waals surface area contributed by atoms with Crippen LogP contribution in [-0.4, -0.2) is 26.3 Å². The molecular formula is C17H18ClN3O4S. The molecule has 0 aromatic heterocycles. The van der Waals surface area contributed by atoms with Crippen molar-refractivity contribution in [2.24, 2.45) is 0 Å². The highest BCUT2D eigenvalue weighted by atomic mass is 35.5. The molecule has 26 heavy (non-hydrogen) atoms. The Morgan fingerprint density at radius 1 is 1.00 bits per heavy atom. The second kappa shape index (κ2) is 8.31. The van der Waals surface area contributed by atoms with Gasteiger partial charge in [-0.2, -0.15) is 4.72 Å². The molecule has 138 valence electrons. The molecule has 0 bridgehead atoms. The van der Waals surface area contributed by atoms with E-state index in [1.807, 2.05) is 0 Å². The zero-order chi connectivity index (χ0) is 19.3. The number of carbonyl (C=O) groups excluding carboxylic acids is 2. The molecule has 0 aliphatic heterocycles. The quantitative estimate of drug-likeness (QED) is 0.699. The monoisotopic (exact) mass is 395 g/mol. The lowest BCUT2D eigenvalue weighted by atomic mass is 10.2. The summed E-state index contributed by atoms with van der Waals surface area (Å²) in [5.74, 6) is -0.778. The lowest BCUT2D eigenvalue weighted by Gasteiger charge is -2.15. The maximum Gasteiger partial charge on any atom is 0.242 e. The Bertz CT molecular complexity index is 914. The number of rotatable bonds is 6. The van der Waals surface area contributed by atoms with E-state index in [4.69, 9.17) is 11.6 Å². The van der Waals surface area contributed by atoms with Crippen molar-refractivity contribution in [2.45, 2.75) is 24.8 Å². The van der Waals surface area contributed by atoms with Crippen LogP contribution in [0.25, 0.3) is 0 Å². The van der Waals surface area contributed by atoms with Crippen molar-refractivity contribution in [1.29, 1.82) is 0 Å². The van der Waals surface area contributed by atoms with Crippen LogP contribution in [0.1, 0.15) is 13.8 Å². The van der Waals surface area contributed by atoms with Crippen LogP contribution in [0, 0.1) is 0 Å². The van der Waals surface area contributed by atoms with Gasteiger partial charge in [0.2, 0.25) is 21.8 Å². The van der Waals surface area contributed by atoms with Crippen molar-refractivity contribution in [3.05, 3.63) is 53.6 Å². The summed E-state index contributed by atoms with van der Waals surface area (Å²) in [7, 11) is -3.86. The lowest BCUT2D eigenvalue weighted by molar-refractivity contribution is -0.117. The largest absolute Gasteiger partial charge is 0.326 e. The van der Waals surface area contributed by atoms with Crippen molar-refractivity contribution >= 4 is 44.8 Å². The summed E-state index contributed by atoms with van der Waals surface area (Å²) < 4.78 is 26.9. The lowest BCUT2D eigenvalue weighted by Crippen LogP contribution is -2.41. The SMILES string of the molecule is CC(=O)Nc1cccc(NC(=O)[C@@H](C)NS(=O)(=O)c2ccc(Cl)cc2)c1. The maximum atomic E-state index is 12.3. The van der Waals surface area contributed by atoms with Crippen LogP contribution in [0.5, 0.6) is 0 Å². The van der Waals surface area contributed by atoms with Gasteiger partial charge in [0.1, 0.15) is 0 Å². The Labute approximate surface area is 156 Å². The van der Waals surface area contributed by atoms with Gasteiger partial charge in [0.15, 0.2) is 0 Å². The zero-order valence-electron chi connectivity index (χ0n) is 14.1. The summed E-state index contributed by atoms with van der Waals surface area (Å²) in [6.45, 7) is 2.80. The first-order valence-corrected chi connectivity index (χ1v) is 9.50. The van der Waals surface area contributed by atoms with E-state index in [1.165, 1.54) is 38.1 Å². The first-order chi connectivity index (χ1) is 12.2. The second-order valence-corrected chi connectivity index (χ2v) is 7.70. The summed E-state index contributed by atoms with van der Waals surface area (Å²) >= 11 is 5.75. The highest BCUT2D eigenvalue weighted by molar-refractivity contribution is 7.89. The summed E-state index contributed by atoms with van der Waals surface area (Å²) in [4.78, 5) is 23.4. The topological polar surface area (TPSA) is 104 Å². The van der Waals surface area contributed by atoms with E-state index in [9.17, 15) is 18.0 Å². The third-order valence-corrected chi connectivity index (χ3v) is 5.11. The molecule has 2 rings (SSSR count). The van der Waals surface area contributed by atoms with E-state index in [1.54, 1.807) is 24.3 Å². The Kier molecular flexibility index (Phi) is 6.36. The normalized spacial score (nSPS) is 12.3. The third-order valence-electron chi connectivity index (χ3n) is 3.30. The van der Waals surface area contributed by atoms with Crippen molar-refractivity contribution in [1.82, 2.24) is 4.72 Å². The molecule has 1 atom stereocenters. The molecule has 0 saturated heterocycles. The first-order valence-electron chi connectivity index (χ1n) is 7.64. The van der Waals surface area contributed by atoms with E-state index >= 15 is 0 Å². The number of carbonyl (C=O) groups is 2. The van der Waals surface area contributed by atoms with Crippen LogP contribution < -0.4 is 15.4 Å².